The standard InChI is InChI=1S/C20H20Cl2N4O2/c1-2-5-18(27)26-19-13(10-12(21)11-14(19)22)20(28)23-9-8-17-24-15-6-3-4-7-16(15)25-17/h3-4,6-7,10-11H,2,5,8-9H2,1H3,(H,23,28)(H,24,25)(H,26,27). The second kappa shape index (κ2) is 9.08. The van der Waals surface area contributed by atoms with Crippen molar-refractivity contribution in [1.82, 2.24) is 15.3 Å². The van der Waals surface area contributed by atoms with Crippen molar-refractivity contribution in [1.29, 1.82) is 0 Å². The van der Waals surface area contributed by atoms with Gasteiger partial charge in [-0.1, -0.05) is 42.3 Å². The number of hydrogen-bond acceptors (Lipinski definition) is 3. The molecule has 3 N–H and O–H groups in total. The van der Waals surface area contributed by atoms with Gasteiger partial charge in [0.15, 0.2) is 0 Å². The predicted octanol–water partition coefficient (Wildman–Crippen LogP) is 4.58. The number of amides is 2. The van der Waals surface area contributed by atoms with Crippen molar-refractivity contribution in [2.45, 2.75) is 26.2 Å². The molecule has 0 saturated heterocycles. The average Bonchev–Trinajstić information content (AvgIpc) is 3.06. The van der Waals surface area contributed by atoms with Gasteiger partial charge in [0.05, 0.1) is 27.3 Å². The number of halogens is 2. The summed E-state index contributed by atoms with van der Waals surface area (Å²) in [5.74, 6) is 0.206. The van der Waals surface area contributed by atoms with Crippen LogP contribution in [0.3, 0.4) is 0 Å². The SMILES string of the molecule is CCCC(=O)Nc1c(Cl)cc(Cl)cc1C(=O)NCCc1nc2ccccc2[nH]1. The molecule has 0 spiro atoms. The Morgan fingerprint density at radius 2 is 1.96 bits per heavy atom. The number of nitrogens with zero attached hydrogens (tertiary/aromatic N) is 1. The van der Waals surface area contributed by atoms with Gasteiger partial charge in [-0.15, -0.1) is 0 Å². The zero-order chi connectivity index (χ0) is 20.1. The van der Waals surface area contributed by atoms with Crippen LogP contribution < -0.4 is 10.6 Å². The van der Waals surface area contributed by atoms with Gasteiger partial charge in [-0.25, -0.2) is 4.98 Å². The van der Waals surface area contributed by atoms with E-state index in [4.69, 9.17) is 23.2 Å². The Morgan fingerprint density at radius 1 is 1.18 bits per heavy atom. The van der Waals surface area contributed by atoms with Gasteiger partial charge in [-0.2, -0.15) is 0 Å². The van der Waals surface area contributed by atoms with Crippen LogP contribution >= 0.6 is 23.2 Å². The van der Waals surface area contributed by atoms with Gasteiger partial charge in [0.25, 0.3) is 5.91 Å². The lowest BCUT2D eigenvalue weighted by Crippen LogP contribution is -2.27. The Morgan fingerprint density at radius 3 is 2.71 bits per heavy atom. The Kier molecular flexibility index (Phi) is 6.54. The molecular formula is C20H20Cl2N4O2. The van der Waals surface area contributed by atoms with E-state index in [0.29, 0.717) is 30.8 Å². The summed E-state index contributed by atoms with van der Waals surface area (Å²) in [5, 5.41) is 6.07. The van der Waals surface area contributed by atoms with Crippen molar-refractivity contribution < 1.29 is 9.59 Å². The first kappa shape index (κ1) is 20.2. The Hall–Kier alpha value is -2.57. The first-order valence-electron chi connectivity index (χ1n) is 8.98. The number of aromatic amines is 1. The number of fused-ring (bicyclic) bond motifs is 1. The minimum atomic E-state index is -0.368. The number of para-hydroxylation sites is 2. The molecule has 3 aromatic rings. The summed E-state index contributed by atoms with van der Waals surface area (Å²) in [6, 6.07) is 10.7. The Labute approximate surface area is 172 Å². The minimum absolute atomic E-state index is 0.206. The number of benzene rings is 2. The molecule has 0 unspecified atom stereocenters. The molecule has 1 aromatic heterocycles. The topological polar surface area (TPSA) is 86.9 Å². The molecule has 0 aliphatic heterocycles. The van der Waals surface area contributed by atoms with Crippen LogP contribution in [-0.4, -0.2) is 28.3 Å². The zero-order valence-electron chi connectivity index (χ0n) is 15.3. The number of aromatic nitrogens is 2. The number of nitrogens with one attached hydrogen (secondary N) is 3. The fraction of sp³-hybridized carbons (Fsp3) is 0.250. The van der Waals surface area contributed by atoms with E-state index in [1.807, 2.05) is 31.2 Å². The molecule has 3 rings (SSSR count). The monoisotopic (exact) mass is 418 g/mol. The largest absolute Gasteiger partial charge is 0.352 e. The van der Waals surface area contributed by atoms with E-state index in [1.54, 1.807) is 0 Å². The van der Waals surface area contributed by atoms with E-state index in [-0.39, 0.29) is 28.1 Å². The maximum atomic E-state index is 12.7. The molecule has 0 radical (unpaired) electrons. The highest BCUT2D eigenvalue weighted by Crippen LogP contribution is 2.30. The van der Waals surface area contributed by atoms with Gasteiger partial charge in [-0.3, -0.25) is 9.59 Å². The first-order chi connectivity index (χ1) is 13.5. The van der Waals surface area contributed by atoms with Gasteiger partial charge in [0.1, 0.15) is 5.82 Å². The van der Waals surface area contributed by atoms with Crippen LogP contribution in [0.15, 0.2) is 36.4 Å². The fourth-order valence-electron chi connectivity index (χ4n) is 2.82. The molecular weight excluding hydrogens is 399 g/mol. The van der Waals surface area contributed by atoms with E-state index in [0.717, 1.165) is 16.9 Å². The fourth-order valence-corrected chi connectivity index (χ4v) is 3.36. The smallest absolute Gasteiger partial charge is 0.253 e. The third-order valence-electron chi connectivity index (χ3n) is 4.13. The summed E-state index contributed by atoms with van der Waals surface area (Å²) in [5.41, 5.74) is 2.33. The number of H-pyrrole nitrogens is 1. The molecule has 0 fully saturated rings. The van der Waals surface area contributed by atoms with E-state index in [1.165, 1.54) is 12.1 Å². The normalized spacial score (nSPS) is 10.8. The number of anilines is 1. The summed E-state index contributed by atoms with van der Waals surface area (Å²) < 4.78 is 0. The molecule has 0 bridgehead atoms. The molecule has 0 saturated carbocycles. The number of carbonyl (C=O) groups excluding carboxylic acids is 2. The quantitative estimate of drug-likeness (QED) is 0.524. The third kappa shape index (κ3) is 4.82. The number of hydrogen-bond donors (Lipinski definition) is 3. The molecule has 1 heterocycles. The van der Waals surface area contributed by atoms with E-state index >= 15 is 0 Å². The lowest BCUT2D eigenvalue weighted by atomic mass is 10.1. The van der Waals surface area contributed by atoms with Gasteiger partial charge in [-0.05, 0) is 30.7 Å². The highest BCUT2D eigenvalue weighted by molar-refractivity contribution is 6.38. The summed E-state index contributed by atoms with van der Waals surface area (Å²) in [6.07, 6.45) is 1.56. The zero-order valence-corrected chi connectivity index (χ0v) is 16.8. The molecule has 146 valence electrons. The molecule has 0 aliphatic carbocycles. The summed E-state index contributed by atoms with van der Waals surface area (Å²) in [7, 11) is 0. The van der Waals surface area contributed by atoms with Crippen LogP contribution in [0.25, 0.3) is 11.0 Å². The van der Waals surface area contributed by atoms with Crippen LogP contribution in [0.1, 0.15) is 35.9 Å². The molecule has 6 nitrogen and oxygen atoms in total. The highest BCUT2D eigenvalue weighted by atomic mass is 35.5. The van der Waals surface area contributed by atoms with Gasteiger partial charge in [0.2, 0.25) is 5.91 Å². The average molecular weight is 419 g/mol. The van der Waals surface area contributed by atoms with E-state index in [9.17, 15) is 9.59 Å². The van der Waals surface area contributed by atoms with Crippen molar-refractivity contribution in [3.63, 3.8) is 0 Å². The maximum absolute atomic E-state index is 12.7. The number of imidazole rings is 1. The van der Waals surface area contributed by atoms with Crippen LogP contribution in [0.2, 0.25) is 10.0 Å². The second-order valence-electron chi connectivity index (χ2n) is 6.31. The molecule has 0 atom stereocenters. The Balaban J connectivity index is 1.69. The highest BCUT2D eigenvalue weighted by Gasteiger charge is 2.18. The molecule has 2 amide bonds. The third-order valence-corrected chi connectivity index (χ3v) is 4.64. The second-order valence-corrected chi connectivity index (χ2v) is 7.16. The van der Waals surface area contributed by atoms with Gasteiger partial charge >= 0.3 is 0 Å². The van der Waals surface area contributed by atoms with Crippen LogP contribution in [0.4, 0.5) is 5.69 Å². The van der Waals surface area contributed by atoms with Gasteiger partial charge in [0, 0.05) is 24.4 Å². The molecule has 28 heavy (non-hydrogen) atoms. The van der Waals surface area contributed by atoms with E-state index < -0.39 is 0 Å². The summed E-state index contributed by atoms with van der Waals surface area (Å²) in [6.45, 7) is 2.26. The maximum Gasteiger partial charge on any atom is 0.253 e. The lowest BCUT2D eigenvalue weighted by molar-refractivity contribution is -0.116. The van der Waals surface area contributed by atoms with Crippen LogP contribution in [0.5, 0.6) is 0 Å². The van der Waals surface area contributed by atoms with Crippen molar-refractivity contribution in [3.05, 3.63) is 57.8 Å². The van der Waals surface area contributed by atoms with Crippen molar-refractivity contribution in [2.75, 3.05) is 11.9 Å². The van der Waals surface area contributed by atoms with Gasteiger partial charge < -0.3 is 15.6 Å². The van der Waals surface area contributed by atoms with Crippen LogP contribution in [-0.2, 0) is 11.2 Å². The van der Waals surface area contributed by atoms with Crippen molar-refractivity contribution in [3.8, 4) is 0 Å². The van der Waals surface area contributed by atoms with Crippen molar-refractivity contribution in [2.24, 2.45) is 0 Å². The molecule has 2 aromatic carbocycles. The van der Waals surface area contributed by atoms with Crippen molar-refractivity contribution >= 4 is 51.7 Å². The molecule has 0 aliphatic rings. The summed E-state index contributed by atoms with van der Waals surface area (Å²) >= 11 is 12.3. The predicted molar refractivity (Wildman–Crippen MR) is 112 cm³/mol. The number of carbonyl (C=O) groups is 2. The van der Waals surface area contributed by atoms with E-state index in [2.05, 4.69) is 20.6 Å². The van der Waals surface area contributed by atoms with Crippen LogP contribution in [0, 0.1) is 0 Å². The minimum Gasteiger partial charge on any atom is -0.352 e. The first-order valence-corrected chi connectivity index (χ1v) is 9.74. The number of rotatable bonds is 7. The Bertz CT molecular complexity index is 984. The molecule has 8 heteroatoms. The summed E-state index contributed by atoms with van der Waals surface area (Å²) in [4.78, 5) is 32.3. The lowest BCUT2D eigenvalue weighted by Gasteiger charge is -2.13.